The van der Waals surface area contributed by atoms with Crippen LogP contribution in [-0.2, 0) is 9.53 Å². The van der Waals surface area contributed by atoms with Crippen LogP contribution in [0.5, 0.6) is 0 Å². The minimum absolute atomic E-state index is 0.0464. The molecule has 0 bridgehead atoms. The first-order valence-electron chi connectivity index (χ1n) is 6.42. The molecule has 0 aromatic carbocycles. The molecule has 0 saturated heterocycles. The van der Waals surface area contributed by atoms with Crippen molar-refractivity contribution in [2.45, 2.75) is 45.3 Å². The van der Waals surface area contributed by atoms with Gasteiger partial charge in [0.15, 0.2) is 5.96 Å². The second-order valence-corrected chi connectivity index (χ2v) is 5.29. The van der Waals surface area contributed by atoms with Crippen molar-refractivity contribution in [2.24, 2.45) is 16.5 Å². The molecule has 0 fully saturated rings. The Kier molecular flexibility index (Phi) is 7.70. The Labute approximate surface area is 123 Å². The van der Waals surface area contributed by atoms with E-state index in [2.05, 4.69) is 15.1 Å². The Bertz CT molecular complexity index is 444. The number of nitrogens with zero attached hydrogens (tertiary/aromatic N) is 3. The van der Waals surface area contributed by atoms with E-state index in [-0.39, 0.29) is 12.4 Å². The maximum absolute atomic E-state index is 11.7. The number of ketones is 1. The highest BCUT2D eigenvalue weighted by molar-refractivity contribution is 6.28. The summed E-state index contributed by atoms with van der Waals surface area (Å²) in [4.78, 5) is 29.8. The highest BCUT2D eigenvalue weighted by Crippen LogP contribution is 2.08. The van der Waals surface area contributed by atoms with Gasteiger partial charge in [0, 0.05) is 6.54 Å². The van der Waals surface area contributed by atoms with Crippen molar-refractivity contribution in [2.75, 3.05) is 6.54 Å². The first-order valence-corrected chi connectivity index (χ1v) is 6.42. The van der Waals surface area contributed by atoms with Crippen LogP contribution >= 0.6 is 0 Å². The summed E-state index contributed by atoms with van der Waals surface area (Å²) in [5.74, 6) is -0.594. The van der Waals surface area contributed by atoms with Gasteiger partial charge >= 0.3 is 12.3 Å². The molecule has 0 aromatic rings. The summed E-state index contributed by atoms with van der Waals surface area (Å²) >= 11 is 0. The smallest absolute Gasteiger partial charge is 0.408 e. The molecule has 9 nitrogen and oxygen atoms in total. The van der Waals surface area contributed by atoms with E-state index in [1.807, 2.05) is 0 Å². The number of amides is 1. The van der Waals surface area contributed by atoms with E-state index in [0.717, 1.165) is 6.21 Å². The van der Waals surface area contributed by atoms with Crippen molar-refractivity contribution >= 4 is 24.1 Å². The summed E-state index contributed by atoms with van der Waals surface area (Å²) in [6.45, 7) is 5.43. The van der Waals surface area contributed by atoms with Gasteiger partial charge in [-0.25, -0.2) is 4.79 Å². The van der Waals surface area contributed by atoms with Crippen LogP contribution in [-0.4, -0.2) is 47.0 Å². The van der Waals surface area contributed by atoms with E-state index in [1.165, 1.54) is 0 Å². The number of ether oxygens (including phenoxy) is 1. The maximum Gasteiger partial charge on any atom is 0.408 e. The molecule has 0 heterocycles. The van der Waals surface area contributed by atoms with Gasteiger partial charge in [0.2, 0.25) is 0 Å². The third-order valence-corrected chi connectivity index (χ3v) is 2.16. The number of nitrogens with two attached hydrogens (primary N) is 2. The second-order valence-electron chi connectivity index (χ2n) is 5.29. The standard InChI is InChI=1S/C12H22N6O3/c1-12(2,3)21-11(20)18-8(9(19)7-17-15)5-4-6-16-10(13)14/h7-8H,4-6H2,1-3H3,(H,18,20)(H4,13,14,16)/t8-/m0/s1. The molecule has 0 spiro atoms. The Morgan fingerprint density at radius 2 is 2.05 bits per heavy atom. The largest absolute Gasteiger partial charge is 0.444 e. The third-order valence-electron chi connectivity index (χ3n) is 2.16. The first kappa shape index (κ1) is 18.6. The van der Waals surface area contributed by atoms with Crippen molar-refractivity contribution in [1.82, 2.24) is 5.32 Å². The van der Waals surface area contributed by atoms with Crippen LogP contribution in [0.1, 0.15) is 33.6 Å². The molecule has 0 saturated carbocycles. The van der Waals surface area contributed by atoms with Crippen LogP contribution in [0.2, 0.25) is 0 Å². The van der Waals surface area contributed by atoms with Gasteiger partial charge in [0.25, 0.3) is 5.78 Å². The van der Waals surface area contributed by atoms with Crippen LogP contribution in [0.3, 0.4) is 0 Å². The summed E-state index contributed by atoms with van der Waals surface area (Å²) in [6, 6.07) is -0.870. The molecule has 5 N–H and O–H groups in total. The number of rotatable bonds is 7. The molecule has 0 radical (unpaired) electrons. The number of Topliss-reactive ketones (excluding diaryl/α,β-unsaturated/α-hetero) is 1. The molecule has 1 atom stereocenters. The van der Waals surface area contributed by atoms with E-state index < -0.39 is 23.5 Å². The minimum Gasteiger partial charge on any atom is -0.444 e. The van der Waals surface area contributed by atoms with Gasteiger partial charge in [-0.2, -0.15) is 4.79 Å². The minimum atomic E-state index is -0.870. The lowest BCUT2D eigenvalue weighted by molar-refractivity contribution is -0.118. The number of carbonyl (C=O) groups excluding carboxylic acids is 2. The number of carbonyl (C=O) groups is 2. The lowest BCUT2D eigenvalue weighted by atomic mass is 10.1. The van der Waals surface area contributed by atoms with Gasteiger partial charge in [-0.15, -0.1) is 0 Å². The Hall–Kier alpha value is -2.41. The van der Waals surface area contributed by atoms with E-state index in [0.29, 0.717) is 13.0 Å². The van der Waals surface area contributed by atoms with Crippen molar-refractivity contribution in [3.05, 3.63) is 5.53 Å². The number of guanidine groups is 1. The fourth-order valence-corrected chi connectivity index (χ4v) is 1.39. The van der Waals surface area contributed by atoms with Gasteiger partial charge in [-0.3, -0.25) is 9.79 Å². The Morgan fingerprint density at radius 3 is 2.52 bits per heavy atom. The lowest BCUT2D eigenvalue weighted by Crippen LogP contribution is -2.44. The summed E-state index contributed by atoms with van der Waals surface area (Å²) in [7, 11) is 0. The van der Waals surface area contributed by atoms with Crippen molar-refractivity contribution in [3.63, 3.8) is 0 Å². The topological polar surface area (TPSA) is 156 Å². The zero-order chi connectivity index (χ0) is 16.5. The number of hydrogen-bond acceptors (Lipinski definition) is 4. The van der Waals surface area contributed by atoms with Crippen LogP contribution in [0, 0.1) is 0 Å². The molecule has 9 heteroatoms. The van der Waals surface area contributed by atoms with E-state index in [9.17, 15) is 9.59 Å². The molecule has 0 rings (SSSR count). The monoisotopic (exact) mass is 298 g/mol. The third kappa shape index (κ3) is 10.1. The van der Waals surface area contributed by atoms with Crippen molar-refractivity contribution in [1.29, 1.82) is 0 Å². The zero-order valence-corrected chi connectivity index (χ0v) is 12.5. The van der Waals surface area contributed by atoms with E-state index >= 15 is 0 Å². The number of hydrogen-bond donors (Lipinski definition) is 3. The van der Waals surface area contributed by atoms with Gasteiger partial charge in [-0.05, 0) is 33.6 Å². The fraction of sp³-hybridized carbons (Fsp3) is 0.667. The van der Waals surface area contributed by atoms with Gasteiger partial charge in [0.1, 0.15) is 11.6 Å². The molecule has 0 aliphatic carbocycles. The first-order chi connectivity index (χ1) is 9.65. The Balaban J connectivity index is 4.60. The molecular formula is C12H22N6O3. The van der Waals surface area contributed by atoms with E-state index in [4.69, 9.17) is 21.7 Å². The summed E-state index contributed by atoms with van der Waals surface area (Å²) in [6.07, 6.45) is 0.737. The number of alkyl carbamates (subject to hydrolysis) is 1. The Morgan fingerprint density at radius 1 is 1.43 bits per heavy atom. The van der Waals surface area contributed by atoms with Crippen LogP contribution in [0.25, 0.3) is 5.53 Å². The fourth-order valence-electron chi connectivity index (χ4n) is 1.39. The second kappa shape index (κ2) is 8.70. The molecule has 0 aliphatic heterocycles. The zero-order valence-electron chi connectivity index (χ0n) is 12.5. The quantitative estimate of drug-likeness (QED) is 0.195. The molecular weight excluding hydrogens is 276 g/mol. The highest BCUT2D eigenvalue weighted by Gasteiger charge is 2.24. The van der Waals surface area contributed by atoms with Crippen molar-refractivity contribution < 1.29 is 19.1 Å². The highest BCUT2D eigenvalue weighted by atomic mass is 16.6. The molecule has 0 aromatic heterocycles. The average Bonchev–Trinajstić information content (AvgIpc) is 2.30. The average molecular weight is 298 g/mol. The molecule has 0 unspecified atom stereocenters. The SMILES string of the molecule is CC(C)(C)OC(=O)N[C@@H](CCCN=C(N)N)C(=O)C=[N+]=[N-]. The summed E-state index contributed by atoms with van der Waals surface area (Å²) < 4.78 is 5.06. The van der Waals surface area contributed by atoms with E-state index in [1.54, 1.807) is 20.8 Å². The van der Waals surface area contributed by atoms with Crippen LogP contribution in [0.15, 0.2) is 4.99 Å². The van der Waals surface area contributed by atoms with Crippen molar-refractivity contribution in [3.8, 4) is 0 Å². The molecule has 21 heavy (non-hydrogen) atoms. The van der Waals surface area contributed by atoms with Gasteiger partial charge in [-0.1, -0.05) is 0 Å². The normalized spacial score (nSPS) is 11.8. The van der Waals surface area contributed by atoms with Crippen LogP contribution < -0.4 is 16.8 Å². The lowest BCUT2D eigenvalue weighted by Gasteiger charge is -2.22. The summed E-state index contributed by atoms with van der Waals surface area (Å²) in [5.41, 5.74) is 18.1. The number of nitrogens with one attached hydrogen (secondary N) is 1. The maximum atomic E-state index is 11.7. The number of aliphatic imine (C=N–C) groups is 1. The van der Waals surface area contributed by atoms with Crippen LogP contribution in [0.4, 0.5) is 4.79 Å². The molecule has 1 amide bonds. The predicted octanol–water partition coefficient (Wildman–Crippen LogP) is -0.197. The summed E-state index contributed by atoms with van der Waals surface area (Å²) in [5, 5.41) is 2.42. The van der Waals surface area contributed by atoms with Gasteiger partial charge < -0.3 is 27.1 Å². The molecule has 118 valence electrons. The van der Waals surface area contributed by atoms with Gasteiger partial charge in [0.05, 0.1) is 0 Å². The predicted molar refractivity (Wildman–Crippen MR) is 77.8 cm³/mol. The molecule has 0 aliphatic rings.